The van der Waals surface area contributed by atoms with Crippen LogP contribution < -0.4 is 5.32 Å². The summed E-state index contributed by atoms with van der Waals surface area (Å²) in [6.07, 6.45) is 3.05. The average molecular weight is 273 g/mol. The lowest BCUT2D eigenvalue weighted by Gasteiger charge is -2.33. The first kappa shape index (κ1) is 12.6. The highest BCUT2D eigenvalue weighted by atomic mass is 32.1. The van der Waals surface area contributed by atoms with Gasteiger partial charge in [0, 0.05) is 42.9 Å². The molecule has 0 amide bonds. The van der Waals surface area contributed by atoms with Gasteiger partial charge in [0.1, 0.15) is 0 Å². The Morgan fingerprint density at radius 2 is 2.37 bits per heavy atom. The van der Waals surface area contributed by atoms with Gasteiger partial charge >= 0.3 is 0 Å². The molecule has 100 valence electrons. The third-order valence-corrected chi connectivity index (χ3v) is 4.87. The van der Waals surface area contributed by atoms with Crippen molar-refractivity contribution >= 4 is 17.0 Å². The molecule has 1 aliphatic rings. The topological polar surface area (TPSA) is 28.2 Å². The molecule has 0 bridgehead atoms. The zero-order valence-corrected chi connectivity index (χ0v) is 12.2. The van der Waals surface area contributed by atoms with E-state index in [2.05, 4.69) is 39.6 Å². The van der Waals surface area contributed by atoms with Crippen molar-refractivity contribution in [3.05, 3.63) is 45.9 Å². The van der Waals surface area contributed by atoms with E-state index in [1.807, 2.05) is 30.6 Å². The Balaban J connectivity index is 1.77. The van der Waals surface area contributed by atoms with E-state index in [1.54, 1.807) is 4.88 Å². The van der Waals surface area contributed by atoms with E-state index >= 15 is 0 Å². The van der Waals surface area contributed by atoms with Crippen molar-refractivity contribution in [2.45, 2.75) is 25.9 Å². The van der Waals surface area contributed by atoms with Crippen molar-refractivity contribution < 1.29 is 0 Å². The van der Waals surface area contributed by atoms with Crippen LogP contribution in [0.5, 0.6) is 0 Å². The lowest BCUT2D eigenvalue weighted by molar-refractivity contribution is 0.189. The summed E-state index contributed by atoms with van der Waals surface area (Å²) >= 11 is 1.89. The van der Waals surface area contributed by atoms with Gasteiger partial charge in [0.15, 0.2) is 0 Å². The standard InChI is InChI=1S/C15H19N3S/c1-11-14-5-8-19-15(14)4-7-18(11)10-13-9-12(16-2)3-6-17-13/h3,5-6,8-9,11H,4,7,10H2,1-2H3,(H,16,17). The van der Waals surface area contributed by atoms with E-state index in [0.717, 1.165) is 24.5 Å². The van der Waals surface area contributed by atoms with Crippen LogP contribution in [0, 0.1) is 0 Å². The number of nitrogens with one attached hydrogen (secondary N) is 1. The highest BCUT2D eigenvalue weighted by Crippen LogP contribution is 2.33. The van der Waals surface area contributed by atoms with Crippen LogP contribution in [-0.2, 0) is 13.0 Å². The molecule has 1 aliphatic heterocycles. The Labute approximate surface area is 118 Å². The zero-order valence-electron chi connectivity index (χ0n) is 11.4. The Morgan fingerprint density at radius 1 is 1.47 bits per heavy atom. The third-order valence-electron chi connectivity index (χ3n) is 3.87. The average Bonchev–Trinajstić information content (AvgIpc) is 2.91. The number of nitrogens with zero attached hydrogens (tertiary/aromatic N) is 2. The molecule has 1 atom stereocenters. The van der Waals surface area contributed by atoms with Gasteiger partial charge in [-0.3, -0.25) is 9.88 Å². The maximum atomic E-state index is 4.48. The molecule has 3 rings (SSSR count). The number of hydrogen-bond donors (Lipinski definition) is 1. The minimum atomic E-state index is 0.495. The molecule has 4 heteroatoms. The SMILES string of the molecule is CNc1ccnc(CN2CCc3sccc3C2C)c1. The van der Waals surface area contributed by atoms with Crippen LogP contribution in [0.3, 0.4) is 0 Å². The largest absolute Gasteiger partial charge is 0.388 e. The number of fused-ring (bicyclic) bond motifs is 1. The fraction of sp³-hybridized carbons (Fsp3) is 0.400. The highest BCUT2D eigenvalue weighted by molar-refractivity contribution is 7.10. The minimum Gasteiger partial charge on any atom is -0.388 e. The molecule has 19 heavy (non-hydrogen) atoms. The van der Waals surface area contributed by atoms with E-state index in [9.17, 15) is 0 Å². The van der Waals surface area contributed by atoms with Gasteiger partial charge in [-0.05, 0) is 42.5 Å². The summed E-state index contributed by atoms with van der Waals surface area (Å²) < 4.78 is 0. The second kappa shape index (κ2) is 5.31. The normalized spacial score (nSPS) is 19.2. The highest BCUT2D eigenvalue weighted by Gasteiger charge is 2.24. The van der Waals surface area contributed by atoms with E-state index < -0.39 is 0 Å². The van der Waals surface area contributed by atoms with E-state index in [4.69, 9.17) is 0 Å². The minimum absolute atomic E-state index is 0.495. The third kappa shape index (κ3) is 2.51. The molecule has 0 aliphatic carbocycles. The number of aromatic nitrogens is 1. The summed E-state index contributed by atoms with van der Waals surface area (Å²) in [5, 5.41) is 5.38. The van der Waals surface area contributed by atoms with Crippen molar-refractivity contribution in [3.63, 3.8) is 0 Å². The fourth-order valence-corrected chi connectivity index (χ4v) is 3.67. The first-order valence-electron chi connectivity index (χ1n) is 6.71. The van der Waals surface area contributed by atoms with E-state index in [0.29, 0.717) is 6.04 Å². The van der Waals surface area contributed by atoms with Crippen molar-refractivity contribution in [2.75, 3.05) is 18.9 Å². The van der Waals surface area contributed by atoms with Crippen LogP contribution in [0.2, 0.25) is 0 Å². The maximum Gasteiger partial charge on any atom is 0.0564 e. The molecule has 0 fully saturated rings. The molecule has 1 unspecified atom stereocenters. The zero-order chi connectivity index (χ0) is 13.2. The van der Waals surface area contributed by atoms with Crippen LogP contribution in [0.4, 0.5) is 5.69 Å². The molecule has 2 aromatic heterocycles. The first-order valence-corrected chi connectivity index (χ1v) is 7.59. The second-order valence-electron chi connectivity index (χ2n) is 4.98. The van der Waals surface area contributed by atoms with Crippen molar-refractivity contribution in [2.24, 2.45) is 0 Å². The number of thiophene rings is 1. The molecular weight excluding hydrogens is 254 g/mol. The molecule has 0 saturated heterocycles. The first-order chi connectivity index (χ1) is 9.28. The Kier molecular flexibility index (Phi) is 3.53. The lowest BCUT2D eigenvalue weighted by Crippen LogP contribution is -2.32. The molecular formula is C15H19N3S. The van der Waals surface area contributed by atoms with Crippen LogP contribution in [-0.4, -0.2) is 23.5 Å². The summed E-state index contributed by atoms with van der Waals surface area (Å²) in [5.41, 5.74) is 3.77. The predicted octanol–water partition coefficient (Wildman–Crippen LogP) is 3.30. The van der Waals surface area contributed by atoms with Gasteiger partial charge in [0.2, 0.25) is 0 Å². The summed E-state index contributed by atoms with van der Waals surface area (Å²) in [6.45, 7) is 4.35. The van der Waals surface area contributed by atoms with Gasteiger partial charge in [-0.25, -0.2) is 0 Å². The van der Waals surface area contributed by atoms with Gasteiger partial charge in [-0.2, -0.15) is 0 Å². The summed E-state index contributed by atoms with van der Waals surface area (Å²) in [6, 6.07) is 6.90. The van der Waals surface area contributed by atoms with Gasteiger partial charge in [0.05, 0.1) is 5.69 Å². The van der Waals surface area contributed by atoms with Crippen molar-refractivity contribution in [1.82, 2.24) is 9.88 Å². The summed E-state index contributed by atoms with van der Waals surface area (Å²) in [4.78, 5) is 8.55. The van der Waals surface area contributed by atoms with Crippen LogP contribution >= 0.6 is 11.3 Å². The van der Waals surface area contributed by atoms with Gasteiger partial charge in [-0.1, -0.05) is 0 Å². The molecule has 0 aromatic carbocycles. The molecule has 2 aromatic rings. The van der Waals surface area contributed by atoms with E-state index in [-0.39, 0.29) is 0 Å². The maximum absolute atomic E-state index is 4.48. The monoisotopic (exact) mass is 273 g/mol. The van der Waals surface area contributed by atoms with Crippen LogP contribution in [0.15, 0.2) is 29.8 Å². The molecule has 3 nitrogen and oxygen atoms in total. The van der Waals surface area contributed by atoms with E-state index in [1.165, 1.54) is 12.0 Å². The smallest absolute Gasteiger partial charge is 0.0564 e. The Morgan fingerprint density at radius 3 is 3.21 bits per heavy atom. The predicted molar refractivity (Wildman–Crippen MR) is 80.6 cm³/mol. The van der Waals surface area contributed by atoms with Gasteiger partial charge in [-0.15, -0.1) is 11.3 Å². The lowest BCUT2D eigenvalue weighted by atomic mass is 10.0. The molecule has 1 N–H and O–H groups in total. The van der Waals surface area contributed by atoms with Crippen molar-refractivity contribution in [1.29, 1.82) is 0 Å². The molecule has 0 radical (unpaired) electrons. The number of rotatable bonds is 3. The fourth-order valence-electron chi connectivity index (χ4n) is 2.71. The Bertz CT molecular complexity index is 564. The molecule has 0 spiro atoms. The van der Waals surface area contributed by atoms with Crippen LogP contribution in [0.25, 0.3) is 0 Å². The number of pyridine rings is 1. The van der Waals surface area contributed by atoms with Gasteiger partial charge in [0.25, 0.3) is 0 Å². The second-order valence-corrected chi connectivity index (χ2v) is 5.98. The quantitative estimate of drug-likeness (QED) is 0.930. The summed E-state index contributed by atoms with van der Waals surface area (Å²) in [7, 11) is 1.94. The van der Waals surface area contributed by atoms with Crippen molar-refractivity contribution in [3.8, 4) is 0 Å². The molecule has 3 heterocycles. The number of anilines is 1. The van der Waals surface area contributed by atoms with Crippen LogP contribution in [0.1, 0.15) is 29.1 Å². The van der Waals surface area contributed by atoms with Gasteiger partial charge < -0.3 is 5.32 Å². The number of hydrogen-bond acceptors (Lipinski definition) is 4. The molecule has 0 saturated carbocycles. The summed E-state index contributed by atoms with van der Waals surface area (Å²) in [5.74, 6) is 0. The Hall–Kier alpha value is -1.39.